The third kappa shape index (κ3) is 4.69. The lowest BCUT2D eigenvalue weighted by Crippen LogP contribution is -2.37. The number of nitrogens with zero attached hydrogens (tertiary/aromatic N) is 2. The third-order valence-electron chi connectivity index (χ3n) is 8.38. The number of hydrogen-bond donors (Lipinski definition) is 0. The Morgan fingerprint density at radius 1 is 0.632 bits per heavy atom. The molecule has 0 aromatic heterocycles. The summed E-state index contributed by atoms with van der Waals surface area (Å²) in [5, 5.41) is 0. The molecule has 2 heterocycles. The van der Waals surface area contributed by atoms with Gasteiger partial charge in [0.05, 0.1) is 0 Å². The Labute approximate surface area is 226 Å². The second kappa shape index (κ2) is 10.2. The molecule has 3 heteroatoms. The van der Waals surface area contributed by atoms with Crippen LogP contribution in [-0.4, -0.2) is 22.9 Å². The van der Waals surface area contributed by atoms with E-state index in [9.17, 15) is 0 Å². The molecule has 0 N–H and O–H groups in total. The fourth-order valence-corrected chi connectivity index (χ4v) is 6.36. The molecule has 190 valence electrons. The lowest BCUT2D eigenvalue weighted by atomic mass is 9.89. The van der Waals surface area contributed by atoms with Gasteiger partial charge in [-0.1, -0.05) is 114 Å². The Bertz CT molecular complexity index is 1330. The summed E-state index contributed by atoms with van der Waals surface area (Å²) >= 11 is 0. The summed E-state index contributed by atoms with van der Waals surface area (Å²) < 4.78 is 6.64. The highest BCUT2D eigenvalue weighted by molar-refractivity contribution is 5.39. The van der Waals surface area contributed by atoms with Crippen molar-refractivity contribution in [1.82, 2.24) is 9.80 Å². The van der Waals surface area contributed by atoms with Crippen LogP contribution >= 0.6 is 0 Å². The van der Waals surface area contributed by atoms with E-state index in [4.69, 9.17) is 4.74 Å². The minimum absolute atomic E-state index is 0.0849. The molecule has 38 heavy (non-hydrogen) atoms. The zero-order valence-corrected chi connectivity index (χ0v) is 21.8. The summed E-state index contributed by atoms with van der Waals surface area (Å²) in [4.78, 5) is 5.13. The SMILES string of the molecule is C1=CCC(CN2Cc3ccccc3CC2c2ccc(C3Oc4ccccc4CN3CC3=CC=CC3)cc2)=C1. The highest BCUT2D eigenvalue weighted by Gasteiger charge is 2.31. The van der Waals surface area contributed by atoms with Crippen LogP contribution in [0, 0.1) is 0 Å². The van der Waals surface area contributed by atoms with Gasteiger partial charge >= 0.3 is 0 Å². The van der Waals surface area contributed by atoms with Gasteiger partial charge in [-0.15, -0.1) is 0 Å². The summed E-state index contributed by atoms with van der Waals surface area (Å²) in [6.45, 7) is 3.84. The molecular weight excluding hydrogens is 464 g/mol. The number of hydrogen-bond acceptors (Lipinski definition) is 3. The molecule has 0 spiro atoms. The zero-order valence-electron chi connectivity index (χ0n) is 21.8. The molecule has 3 aromatic rings. The molecule has 4 aliphatic rings. The van der Waals surface area contributed by atoms with Crippen molar-refractivity contribution in [3.05, 3.63) is 148 Å². The van der Waals surface area contributed by atoms with Crippen molar-refractivity contribution in [3.63, 3.8) is 0 Å². The van der Waals surface area contributed by atoms with Crippen molar-refractivity contribution in [2.45, 2.75) is 44.6 Å². The van der Waals surface area contributed by atoms with E-state index >= 15 is 0 Å². The first-order valence-electron chi connectivity index (χ1n) is 13.9. The van der Waals surface area contributed by atoms with Gasteiger partial charge in [0, 0.05) is 43.3 Å². The van der Waals surface area contributed by atoms with E-state index in [0.29, 0.717) is 6.04 Å². The quantitative estimate of drug-likeness (QED) is 0.351. The van der Waals surface area contributed by atoms with Crippen LogP contribution in [0.15, 0.2) is 120 Å². The molecule has 2 aliphatic carbocycles. The Morgan fingerprint density at radius 3 is 1.95 bits per heavy atom. The fraction of sp³-hybridized carbons (Fsp3) is 0.257. The molecule has 0 fully saturated rings. The molecule has 3 aromatic carbocycles. The third-order valence-corrected chi connectivity index (χ3v) is 8.38. The standard InChI is InChI=1S/C35H34N2O/c1-2-10-26(9-1)22-36-24-31-14-6-5-13-30(31)21-33(36)28-17-19-29(20-18-28)35-37(23-27-11-3-4-12-27)25-32-15-7-8-16-34(32)38-35/h1-9,11,13-20,33,35H,10,12,21-25H2. The molecule has 0 radical (unpaired) electrons. The first-order valence-corrected chi connectivity index (χ1v) is 13.9. The maximum absolute atomic E-state index is 6.64. The molecule has 2 unspecified atom stereocenters. The molecule has 2 aliphatic heterocycles. The van der Waals surface area contributed by atoms with Crippen molar-refractivity contribution in [3.8, 4) is 5.75 Å². The van der Waals surface area contributed by atoms with Gasteiger partial charge in [-0.25, -0.2) is 0 Å². The largest absolute Gasteiger partial charge is 0.471 e. The number of ether oxygens (including phenoxy) is 1. The Morgan fingerprint density at radius 2 is 1.24 bits per heavy atom. The summed E-state index contributed by atoms with van der Waals surface area (Å²) in [5.41, 5.74) is 9.77. The second-order valence-electron chi connectivity index (χ2n) is 11.0. The average molecular weight is 499 g/mol. The van der Waals surface area contributed by atoms with Crippen LogP contribution in [0.4, 0.5) is 0 Å². The molecule has 3 nitrogen and oxygen atoms in total. The van der Waals surface area contributed by atoms with E-state index in [1.807, 2.05) is 0 Å². The van der Waals surface area contributed by atoms with Crippen LogP contribution in [0.1, 0.15) is 52.9 Å². The van der Waals surface area contributed by atoms with Crippen molar-refractivity contribution in [1.29, 1.82) is 0 Å². The summed E-state index contributed by atoms with van der Waals surface area (Å²) in [6.07, 6.45) is 16.5. The van der Waals surface area contributed by atoms with Crippen LogP contribution in [0.25, 0.3) is 0 Å². The molecule has 0 bridgehead atoms. The Balaban J connectivity index is 1.16. The molecule has 0 saturated carbocycles. The second-order valence-corrected chi connectivity index (χ2v) is 11.0. The van der Waals surface area contributed by atoms with Crippen molar-refractivity contribution in [2.75, 3.05) is 13.1 Å². The van der Waals surface area contributed by atoms with Crippen molar-refractivity contribution < 1.29 is 4.74 Å². The minimum atomic E-state index is -0.0849. The van der Waals surface area contributed by atoms with Gasteiger partial charge in [-0.05, 0) is 42.0 Å². The Kier molecular flexibility index (Phi) is 6.32. The maximum atomic E-state index is 6.64. The highest BCUT2D eigenvalue weighted by Crippen LogP contribution is 2.38. The van der Waals surface area contributed by atoms with Gasteiger partial charge in [0.15, 0.2) is 6.23 Å². The number of para-hydroxylation sites is 1. The Hall–Kier alpha value is -3.66. The maximum Gasteiger partial charge on any atom is 0.179 e. The van der Waals surface area contributed by atoms with Crippen molar-refractivity contribution >= 4 is 0 Å². The summed E-state index contributed by atoms with van der Waals surface area (Å²) in [6, 6.07) is 27.1. The fourth-order valence-electron chi connectivity index (χ4n) is 6.36. The smallest absolute Gasteiger partial charge is 0.179 e. The number of allylic oxidation sites excluding steroid dienone is 6. The van der Waals surface area contributed by atoms with Crippen LogP contribution in [-0.2, 0) is 19.5 Å². The lowest BCUT2D eigenvalue weighted by molar-refractivity contribution is 0.00384. The van der Waals surface area contributed by atoms with E-state index in [0.717, 1.165) is 51.2 Å². The molecular formula is C35H34N2O. The van der Waals surface area contributed by atoms with Crippen LogP contribution in [0.2, 0.25) is 0 Å². The minimum Gasteiger partial charge on any atom is -0.471 e. The topological polar surface area (TPSA) is 15.7 Å². The van der Waals surface area contributed by atoms with Gasteiger partial charge in [0.2, 0.25) is 0 Å². The predicted octanol–water partition coefficient (Wildman–Crippen LogP) is 7.45. The first-order chi connectivity index (χ1) is 18.8. The van der Waals surface area contributed by atoms with Crippen LogP contribution < -0.4 is 4.74 Å². The van der Waals surface area contributed by atoms with E-state index in [1.165, 1.54) is 39.0 Å². The number of benzene rings is 3. The van der Waals surface area contributed by atoms with Crippen LogP contribution in [0.5, 0.6) is 5.75 Å². The van der Waals surface area contributed by atoms with E-state index in [2.05, 4.69) is 119 Å². The van der Waals surface area contributed by atoms with Gasteiger partial charge < -0.3 is 4.74 Å². The van der Waals surface area contributed by atoms with Gasteiger partial charge in [0.1, 0.15) is 5.75 Å². The monoisotopic (exact) mass is 498 g/mol. The summed E-state index contributed by atoms with van der Waals surface area (Å²) in [5.74, 6) is 1.00. The number of fused-ring (bicyclic) bond motifs is 2. The van der Waals surface area contributed by atoms with Gasteiger partial charge in [0.25, 0.3) is 0 Å². The normalized spacial score (nSPS) is 22.5. The molecule has 7 rings (SSSR count). The van der Waals surface area contributed by atoms with E-state index in [-0.39, 0.29) is 6.23 Å². The number of rotatable bonds is 6. The van der Waals surface area contributed by atoms with Gasteiger partial charge in [-0.3, -0.25) is 9.80 Å². The first kappa shape index (κ1) is 23.5. The summed E-state index contributed by atoms with van der Waals surface area (Å²) in [7, 11) is 0. The van der Waals surface area contributed by atoms with E-state index < -0.39 is 0 Å². The van der Waals surface area contributed by atoms with Crippen LogP contribution in [0.3, 0.4) is 0 Å². The highest BCUT2D eigenvalue weighted by atomic mass is 16.5. The zero-order chi connectivity index (χ0) is 25.3. The molecule has 0 saturated heterocycles. The lowest BCUT2D eigenvalue weighted by Gasteiger charge is -2.39. The molecule has 2 atom stereocenters. The van der Waals surface area contributed by atoms with Gasteiger partial charge in [-0.2, -0.15) is 0 Å². The predicted molar refractivity (Wildman–Crippen MR) is 154 cm³/mol. The van der Waals surface area contributed by atoms with E-state index in [1.54, 1.807) is 0 Å². The van der Waals surface area contributed by atoms with Crippen molar-refractivity contribution in [2.24, 2.45) is 0 Å². The molecule has 0 amide bonds. The average Bonchev–Trinajstić information content (AvgIpc) is 3.67.